The van der Waals surface area contributed by atoms with Gasteiger partial charge in [0.25, 0.3) is 0 Å². The Labute approximate surface area is 135 Å². The molecule has 2 N–H and O–H groups in total. The Morgan fingerprint density at radius 3 is 2.09 bits per heavy atom. The first-order chi connectivity index (χ1) is 10.7. The molecule has 0 aliphatic heterocycles. The zero-order valence-electron chi connectivity index (χ0n) is 14.2. The molecule has 0 aromatic rings. The fourth-order valence-electron chi connectivity index (χ4n) is 5.69. The summed E-state index contributed by atoms with van der Waals surface area (Å²) in [5.41, 5.74) is 3.26. The molecule has 0 aromatic carbocycles. The van der Waals surface area contributed by atoms with Crippen molar-refractivity contribution >= 4 is 0 Å². The molecular formula is C20H32O2. The van der Waals surface area contributed by atoms with E-state index in [1.54, 1.807) is 11.1 Å². The van der Waals surface area contributed by atoms with Crippen molar-refractivity contribution in [3.05, 3.63) is 23.3 Å². The van der Waals surface area contributed by atoms with Crippen LogP contribution in [0, 0.1) is 35.5 Å². The van der Waals surface area contributed by atoms with Crippen molar-refractivity contribution in [3.63, 3.8) is 0 Å². The lowest BCUT2D eigenvalue weighted by atomic mass is 9.85. The van der Waals surface area contributed by atoms with Gasteiger partial charge in [0, 0.05) is 13.2 Å². The molecule has 6 unspecified atom stereocenters. The average molecular weight is 304 g/mol. The maximum absolute atomic E-state index is 9.07. The molecule has 6 atom stereocenters. The first-order valence-electron chi connectivity index (χ1n) is 9.21. The van der Waals surface area contributed by atoms with Crippen molar-refractivity contribution in [2.45, 2.75) is 52.4 Å². The summed E-state index contributed by atoms with van der Waals surface area (Å²) in [6.07, 6.45) is 12.4. The molecular weight excluding hydrogens is 272 g/mol. The van der Waals surface area contributed by atoms with Crippen molar-refractivity contribution in [1.82, 2.24) is 0 Å². The minimum absolute atomic E-state index is 0.401. The number of aliphatic hydroxyl groups excluding tert-OH is 2. The number of fused-ring (bicyclic) bond motifs is 4. The zero-order valence-corrected chi connectivity index (χ0v) is 14.2. The highest BCUT2D eigenvalue weighted by atomic mass is 16.3. The molecule has 2 nitrogen and oxygen atoms in total. The molecule has 124 valence electrons. The van der Waals surface area contributed by atoms with Gasteiger partial charge in [0.15, 0.2) is 0 Å². The van der Waals surface area contributed by atoms with Crippen molar-refractivity contribution < 1.29 is 10.2 Å². The molecule has 22 heavy (non-hydrogen) atoms. The van der Waals surface area contributed by atoms with Crippen LogP contribution in [0.15, 0.2) is 23.3 Å². The first-order valence-corrected chi connectivity index (χ1v) is 9.21. The predicted molar refractivity (Wildman–Crippen MR) is 90.3 cm³/mol. The fourth-order valence-corrected chi connectivity index (χ4v) is 5.69. The lowest BCUT2D eigenvalue weighted by Gasteiger charge is -2.21. The zero-order chi connectivity index (χ0) is 15.7. The van der Waals surface area contributed by atoms with E-state index in [0.717, 1.165) is 23.7 Å². The van der Waals surface area contributed by atoms with E-state index in [1.807, 2.05) is 0 Å². The van der Waals surface area contributed by atoms with Gasteiger partial charge < -0.3 is 10.2 Å². The van der Waals surface area contributed by atoms with Crippen LogP contribution in [0.25, 0.3) is 0 Å². The lowest BCUT2D eigenvalue weighted by Crippen LogP contribution is -2.16. The van der Waals surface area contributed by atoms with Crippen LogP contribution in [0.1, 0.15) is 52.4 Å². The van der Waals surface area contributed by atoms with E-state index >= 15 is 0 Å². The summed E-state index contributed by atoms with van der Waals surface area (Å²) in [4.78, 5) is 0. The van der Waals surface area contributed by atoms with E-state index in [9.17, 15) is 0 Å². The molecule has 4 rings (SSSR count). The van der Waals surface area contributed by atoms with E-state index in [-0.39, 0.29) is 0 Å². The van der Waals surface area contributed by atoms with Gasteiger partial charge in [-0.1, -0.05) is 23.3 Å². The Morgan fingerprint density at radius 2 is 1.59 bits per heavy atom. The maximum atomic E-state index is 9.07. The SMILES string of the molecule is CC=C1CC2CC(CO)C1C2.CC=C1CC2CC1CC2CO. The highest BCUT2D eigenvalue weighted by Gasteiger charge is 2.42. The van der Waals surface area contributed by atoms with Crippen LogP contribution in [-0.2, 0) is 0 Å². The summed E-state index contributed by atoms with van der Waals surface area (Å²) in [5.74, 6) is 4.53. The molecule has 0 amide bonds. The van der Waals surface area contributed by atoms with Crippen molar-refractivity contribution in [2.24, 2.45) is 35.5 Å². The second-order valence-corrected chi connectivity index (χ2v) is 7.89. The van der Waals surface area contributed by atoms with Gasteiger partial charge in [0.1, 0.15) is 0 Å². The van der Waals surface area contributed by atoms with E-state index in [1.165, 1.54) is 38.5 Å². The summed E-state index contributed by atoms with van der Waals surface area (Å²) >= 11 is 0. The molecule has 4 aliphatic carbocycles. The third-order valence-electron chi connectivity index (χ3n) is 6.87. The average Bonchev–Trinajstić information content (AvgIpc) is 3.32. The summed E-state index contributed by atoms with van der Waals surface area (Å²) in [6.45, 7) is 5.09. The monoisotopic (exact) mass is 304 g/mol. The third kappa shape index (κ3) is 2.92. The maximum Gasteiger partial charge on any atom is 0.0465 e. The third-order valence-corrected chi connectivity index (χ3v) is 6.87. The van der Waals surface area contributed by atoms with Crippen LogP contribution in [0.4, 0.5) is 0 Å². The highest BCUT2D eigenvalue weighted by molar-refractivity contribution is 5.18. The standard InChI is InChI=1S/2C10H16O/c1-2-8-3-7-4-9(6-11)10(8)5-7;1-2-7-3-9-4-8(7)5-10(9)6-11/h2,7,9-11H,3-6H2,1H3;2,8-11H,3-6H2,1H3. The molecule has 4 saturated carbocycles. The van der Waals surface area contributed by atoms with Gasteiger partial charge in [-0.05, 0) is 87.9 Å². The molecule has 2 heteroatoms. The van der Waals surface area contributed by atoms with Crippen molar-refractivity contribution in [3.8, 4) is 0 Å². The minimum atomic E-state index is 0.401. The van der Waals surface area contributed by atoms with Gasteiger partial charge in [-0.3, -0.25) is 0 Å². The lowest BCUT2D eigenvalue weighted by molar-refractivity contribution is 0.187. The molecule has 0 heterocycles. The summed E-state index contributed by atoms with van der Waals surface area (Å²) in [6, 6.07) is 0. The smallest absolute Gasteiger partial charge is 0.0465 e. The van der Waals surface area contributed by atoms with E-state index in [2.05, 4.69) is 26.0 Å². The van der Waals surface area contributed by atoms with Crippen LogP contribution >= 0.6 is 0 Å². The fraction of sp³-hybridized carbons (Fsp3) is 0.800. The van der Waals surface area contributed by atoms with Crippen LogP contribution in [-0.4, -0.2) is 23.4 Å². The van der Waals surface area contributed by atoms with Crippen molar-refractivity contribution in [2.75, 3.05) is 13.2 Å². The van der Waals surface area contributed by atoms with E-state index in [0.29, 0.717) is 25.0 Å². The number of allylic oxidation sites excluding steroid dienone is 4. The number of hydrogen-bond acceptors (Lipinski definition) is 2. The Morgan fingerprint density at radius 1 is 0.864 bits per heavy atom. The largest absolute Gasteiger partial charge is 0.396 e. The Kier molecular flexibility index (Phi) is 5.09. The predicted octanol–water partition coefficient (Wildman–Crippen LogP) is 3.94. The Hall–Kier alpha value is -0.600. The Bertz CT molecular complexity index is 451. The minimum Gasteiger partial charge on any atom is -0.396 e. The molecule has 0 spiro atoms. The van der Waals surface area contributed by atoms with Crippen molar-refractivity contribution in [1.29, 1.82) is 0 Å². The quantitative estimate of drug-likeness (QED) is 0.759. The molecule has 0 radical (unpaired) electrons. The van der Waals surface area contributed by atoms with Gasteiger partial charge in [0.05, 0.1) is 0 Å². The summed E-state index contributed by atoms with van der Waals surface area (Å²) < 4.78 is 0. The van der Waals surface area contributed by atoms with E-state index in [4.69, 9.17) is 10.2 Å². The van der Waals surface area contributed by atoms with Crippen LogP contribution < -0.4 is 0 Å². The van der Waals surface area contributed by atoms with Crippen LogP contribution in [0.3, 0.4) is 0 Å². The molecule has 0 aromatic heterocycles. The number of rotatable bonds is 2. The number of hydrogen-bond donors (Lipinski definition) is 2. The van der Waals surface area contributed by atoms with Gasteiger partial charge in [0.2, 0.25) is 0 Å². The van der Waals surface area contributed by atoms with Gasteiger partial charge in [-0.15, -0.1) is 0 Å². The van der Waals surface area contributed by atoms with Gasteiger partial charge in [-0.25, -0.2) is 0 Å². The van der Waals surface area contributed by atoms with Crippen LogP contribution in [0.2, 0.25) is 0 Å². The van der Waals surface area contributed by atoms with Gasteiger partial charge >= 0.3 is 0 Å². The highest BCUT2D eigenvalue weighted by Crippen LogP contribution is 2.51. The molecule has 4 bridgehead atoms. The van der Waals surface area contributed by atoms with E-state index < -0.39 is 0 Å². The topological polar surface area (TPSA) is 40.5 Å². The molecule has 0 saturated heterocycles. The second-order valence-electron chi connectivity index (χ2n) is 7.89. The molecule has 4 fully saturated rings. The Balaban J connectivity index is 0.000000131. The molecule has 4 aliphatic rings. The number of aliphatic hydroxyl groups is 2. The first kappa shape index (κ1) is 16.3. The van der Waals surface area contributed by atoms with Crippen LogP contribution in [0.5, 0.6) is 0 Å². The second kappa shape index (κ2) is 6.88. The normalized spacial score (nSPS) is 45.6. The summed E-state index contributed by atoms with van der Waals surface area (Å²) in [5, 5.41) is 18.1. The summed E-state index contributed by atoms with van der Waals surface area (Å²) in [7, 11) is 0. The van der Waals surface area contributed by atoms with Gasteiger partial charge in [-0.2, -0.15) is 0 Å².